The van der Waals surface area contributed by atoms with Crippen LogP contribution < -0.4 is 10.7 Å². The van der Waals surface area contributed by atoms with Crippen molar-refractivity contribution in [1.82, 2.24) is 15.7 Å². The Morgan fingerprint density at radius 2 is 2.32 bits per heavy atom. The molecule has 2 aliphatic rings. The van der Waals surface area contributed by atoms with Crippen LogP contribution >= 0.6 is 12.2 Å². The molecule has 1 saturated carbocycles. The summed E-state index contributed by atoms with van der Waals surface area (Å²) in [6.07, 6.45) is 10.4. The minimum atomic E-state index is 0.458. The van der Waals surface area contributed by atoms with E-state index in [2.05, 4.69) is 33.0 Å². The van der Waals surface area contributed by atoms with E-state index in [1.54, 1.807) is 12.4 Å². The van der Waals surface area contributed by atoms with Gasteiger partial charge in [-0.1, -0.05) is 18.2 Å². The first-order chi connectivity index (χ1) is 9.31. The van der Waals surface area contributed by atoms with Crippen molar-refractivity contribution in [3.63, 3.8) is 0 Å². The van der Waals surface area contributed by atoms with Gasteiger partial charge in [-0.2, -0.15) is 5.10 Å². The minimum absolute atomic E-state index is 0.458. The summed E-state index contributed by atoms with van der Waals surface area (Å²) in [7, 11) is 0. The van der Waals surface area contributed by atoms with E-state index in [1.807, 2.05) is 18.2 Å². The normalized spacial score (nSPS) is 27.9. The smallest absolute Gasteiger partial charge is 0.187 e. The van der Waals surface area contributed by atoms with Gasteiger partial charge in [-0.05, 0) is 49.0 Å². The molecule has 1 fully saturated rings. The second kappa shape index (κ2) is 5.48. The van der Waals surface area contributed by atoms with Crippen molar-refractivity contribution in [3.05, 3.63) is 42.2 Å². The highest BCUT2D eigenvalue weighted by Crippen LogP contribution is 2.38. The van der Waals surface area contributed by atoms with Crippen molar-refractivity contribution in [2.45, 2.75) is 18.9 Å². The molecule has 0 aromatic carbocycles. The third-order valence-electron chi connectivity index (χ3n) is 3.65. The molecule has 1 aromatic rings. The maximum absolute atomic E-state index is 5.24. The number of fused-ring (bicyclic) bond motifs is 2. The average Bonchev–Trinajstić information content (AvgIpc) is 3.02. The predicted octanol–water partition coefficient (Wildman–Crippen LogP) is 1.84. The number of nitrogens with one attached hydrogen (secondary N) is 2. The van der Waals surface area contributed by atoms with Crippen molar-refractivity contribution < 1.29 is 0 Å². The lowest BCUT2D eigenvalue weighted by molar-refractivity contribution is 0.521. The van der Waals surface area contributed by atoms with Gasteiger partial charge in [-0.3, -0.25) is 10.4 Å². The molecule has 0 unspecified atom stereocenters. The maximum atomic E-state index is 5.24. The fourth-order valence-electron chi connectivity index (χ4n) is 2.76. The number of rotatable bonds is 3. The van der Waals surface area contributed by atoms with Crippen LogP contribution in [0.15, 0.2) is 41.6 Å². The lowest BCUT2D eigenvalue weighted by atomic mass is 10.0. The zero-order valence-electron chi connectivity index (χ0n) is 10.5. The number of thiocarbonyl (C=S) groups is 1. The van der Waals surface area contributed by atoms with Crippen LogP contribution in [-0.2, 0) is 0 Å². The van der Waals surface area contributed by atoms with E-state index in [1.165, 1.54) is 12.8 Å². The summed E-state index contributed by atoms with van der Waals surface area (Å²) in [6, 6.07) is 6.15. The number of aromatic nitrogens is 1. The Bertz CT molecular complexity index is 511. The van der Waals surface area contributed by atoms with Gasteiger partial charge in [-0.15, -0.1) is 0 Å². The summed E-state index contributed by atoms with van der Waals surface area (Å²) < 4.78 is 0. The first-order valence-electron chi connectivity index (χ1n) is 6.50. The Morgan fingerprint density at radius 1 is 1.37 bits per heavy atom. The van der Waals surface area contributed by atoms with Crippen LogP contribution in [0.3, 0.4) is 0 Å². The van der Waals surface area contributed by atoms with E-state index in [9.17, 15) is 0 Å². The van der Waals surface area contributed by atoms with Gasteiger partial charge in [-0.25, -0.2) is 0 Å². The quantitative estimate of drug-likeness (QED) is 0.381. The molecule has 1 heterocycles. The molecule has 19 heavy (non-hydrogen) atoms. The minimum Gasteiger partial charge on any atom is -0.358 e. The molecule has 2 aliphatic carbocycles. The van der Waals surface area contributed by atoms with E-state index in [4.69, 9.17) is 12.2 Å². The number of hydrazone groups is 1. The molecule has 0 amide bonds. The van der Waals surface area contributed by atoms with Crippen molar-refractivity contribution >= 4 is 23.5 Å². The third-order valence-corrected chi connectivity index (χ3v) is 3.86. The van der Waals surface area contributed by atoms with Gasteiger partial charge in [0, 0.05) is 12.2 Å². The van der Waals surface area contributed by atoms with Gasteiger partial charge in [0.1, 0.15) is 0 Å². The predicted molar refractivity (Wildman–Crippen MR) is 79.8 cm³/mol. The first-order valence-corrected chi connectivity index (χ1v) is 6.91. The largest absolute Gasteiger partial charge is 0.358 e. The summed E-state index contributed by atoms with van der Waals surface area (Å²) >= 11 is 5.24. The molecule has 0 saturated heterocycles. The van der Waals surface area contributed by atoms with Crippen LogP contribution in [0.1, 0.15) is 18.5 Å². The van der Waals surface area contributed by atoms with Crippen LogP contribution in [0.25, 0.3) is 0 Å². The summed E-state index contributed by atoms with van der Waals surface area (Å²) in [5.74, 6) is 1.37. The lowest BCUT2D eigenvalue weighted by Crippen LogP contribution is -2.42. The molecule has 0 radical (unpaired) electrons. The summed E-state index contributed by atoms with van der Waals surface area (Å²) in [6.45, 7) is 0. The highest BCUT2D eigenvalue weighted by Gasteiger charge is 2.35. The Kier molecular flexibility index (Phi) is 3.55. The van der Waals surface area contributed by atoms with Crippen LogP contribution in [0.5, 0.6) is 0 Å². The second-order valence-electron chi connectivity index (χ2n) is 4.98. The van der Waals surface area contributed by atoms with E-state index in [0.29, 0.717) is 17.1 Å². The zero-order chi connectivity index (χ0) is 13.1. The molecular weight excluding hydrogens is 256 g/mol. The molecule has 2 N–H and O–H groups in total. The van der Waals surface area contributed by atoms with Gasteiger partial charge in [0.2, 0.25) is 0 Å². The molecule has 3 rings (SSSR count). The fourth-order valence-corrected chi connectivity index (χ4v) is 2.96. The van der Waals surface area contributed by atoms with Crippen LogP contribution in [-0.4, -0.2) is 22.4 Å². The van der Waals surface area contributed by atoms with Crippen molar-refractivity contribution in [2.75, 3.05) is 0 Å². The van der Waals surface area contributed by atoms with Crippen LogP contribution in [0, 0.1) is 11.8 Å². The molecule has 5 heteroatoms. The van der Waals surface area contributed by atoms with E-state index < -0.39 is 0 Å². The Morgan fingerprint density at radius 3 is 3.00 bits per heavy atom. The van der Waals surface area contributed by atoms with Gasteiger partial charge in [0.25, 0.3) is 0 Å². The highest BCUT2D eigenvalue weighted by molar-refractivity contribution is 7.80. The SMILES string of the molecule is S=C(N/N=C\c1ccccn1)N[C@H]1C[C@H]2C=C[C@@H]1C2. The third kappa shape index (κ3) is 2.98. The number of nitrogens with zero attached hydrogens (tertiary/aromatic N) is 2. The topological polar surface area (TPSA) is 49.3 Å². The van der Waals surface area contributed by atoms with Crippen molar-refractivity contribution in [3.8, 4) is 0 Å². The fraction of sp³-hybridized carbons (Fsp3) is 0.357. The Balaban J connectivity index is 1.47. The number of hydrogen-bond acceptors (Lipinski definition) is 3. The highest BCUT2D eigenvalue weighted by atomic mass is 32.1. The lowest BCUT2D eigenvalue weighted by Gasteiger charge is -2.20. The number of pyridine rings is 1. The summed E-state index contributed by atoms with van der Waals surface area (Å²) in [5.41, 5.74) is 3.65. The van der Waals surface area contributed by atoms with E-state index in [0.717, 1.165) is 11.6 Å². The molecule has 1 aromatic heterocycles. The van der Waals surface area contributed by atoms with Gasteiger partial charge < -0.3 is 5.32 Å². The Labute approximate surface area is 118 Å². The van der Waals surface area contributed by atoms with E-state index in [-0.39, 0.29) is 0 Å². The van der Waals surface area contributed by atoms with Crippen LogP contribution in [0.4, 0.5) is 0 Å². The standard InChI is InChI=1S/C14H16N4S/c19-14(17-13-8-10-4-5-11(13)7-10)18-16-9-12-3-1-2-6-15-12/h1-6,9-11,13H,7-8H2,(H2,17,18,19)/b16-9-/t10-,11+,13-/m0/s1. The number of hydrogen-bond donors (Lipinski definition) is 2. The molecule has 4 nitrogen and oxygen atoms in total. The molecule has 0 spiro atoms. The number of allylic oxidation sites excluding steroid dienone is 1. The van der Waals surface area contributed by atoms with Gasteiger partial charge in [0.15, 0.2) is 5.11 Å². The van der Waals surface area contributed by atoms with Crippen molar-refractivity contribution in [2.24, 2.45) is 16.9 Å². The van der Waals surface area contributed by atoms with Crippen LogP contribution in [0.2, 0.25) is 0 Å². The maximum Gasteiger partial charge on any atom is 0.187 e. The molecular formula is C14H16N4S. The average molecular weight is 272 g/mol. The second-order valence-corrected chi connectivity index (χ2v) is 5.39. The Hall–Kier alpha value is -1.75. The molecule has 3 atom stereocenters. The summed E-state index contributed by atoms with van der Waals surface area (Å²) in [4.78, 5) is 4.15. The molecule has 2 bridgehead atoms. The van der Waals surface area contributed by atoms with Gasteiger partial charge in [0.05, 0.1) is 11.9 Å². The monoisotopic (exact) mass is 272 g/mol. The van der Waals surface area contributed by atoms with E-state index >= 15 is 0 Å². The molecule has 98 valence electrons. The molecule has 0 aliphatic heterocycles. The van der Waals surface area contributed by atoms with Gasteiger partial charge >= 0.3 is 0 Å². The van der Waals surface area contributed by atoms with Crippen molar-refractivity contribution in [1.29, 1.82) is 0 Å². The first kappa shape index (κ1) is 12.3. The zero-order valence-corrected chi connectivity index (χ0v) is 11.3. The summed E-state index contributed by atoms with van der Waals surface area (Å²) in [5, 5.41) is 8.00.